The average Bonchev–Trinajstić information content (AvgIpc) is 2.25. The maximum Gasteiger partial charge on any atom is 0.306 e. The Balaban J connectivity index is 2.27. The molecule has 0 aliphatic heterocycles. The molecule has 0 amide bonds. The van der Waals surface area contributed by atoms with Crippen molar-refractivity contribution in [3.63, 3.8) is 0 Å². The molecule has 3 heteroatoms. The highest BCUT2D eigenvalue weighted by Gasteiger charge is 2.02. The molecule has 3 nitrogen and oxygen atoms in total. The van der Waals surface area contributed by atoms with Crippen LogP contribution in [0.1, 0.15) is 12.0 Å². The fourth-order valence-electron chi connectivity index (χ4n) is 1.09. The van der Waals surface area contributed by atoms with Crippen LogP contribution in [0.25, 0.3) is 0 Å². The van der Waals surface area contributed by atoms with Crippen LogP contribution in [0.5, 0.6) is 0 Å². The Hall–Kier alpha value is -1.64. The SMILES string of the molecule is O=CCOC(=O)CCc1ccccc1. The molecule has 0 unspecified atom stereocenters. The number of carbonyl (C=O) groups is 2. The summed E-state index contributed by atoms with van der Waals surface area (Å²) in [4.78, 5) is 20.9. The normalized spacial score (nSPS) is 9.43. The predicted molar refractivity (Wildman–Crippen MR) is 51.8 cm³/mol. The Morgan fingerprint density at radius 2 is 2.00 bits per heavy atom. The van der Waals surface area contributed by atoms with E-state index in [9.17, 15) is 9.59 Å². The minimum absolute atomic E-state index is 0.145. The summed E-state index contributed by atoms with van der Waals surface area (Å²) < 4.78 is 4.61. The van der Waals surface area contributed by atoms with Crippen LogP contribution in [-0.4, -0.2) is 18.9 Å². The largest absolute Gasteiger partial charge is 0.458 e. The number of rotatable bonds is 5. The van der Waals surface area contributed by atoms with Crippen LogP contribution < -0.4 is 0 Å². The van der Waals surface area contributed by atoms with E-state index in [2.05, 4.69) is 4.74 Å². The van der Waals surface area contributed by atoms with Crippen molar-refractivity contribution in [2.24, 2.45) is 0 Å². The number of hydrogen-bond donors (Lipinski definition) is 0. The van der Waals surface area contributed by atoms with E-state index in [4.69, 9.17) is 0 Å². The van der Waals surface area contributed by atoms with Crippen molar-refractivity contribution in [2.45, 2.75) is 12.8 Å². The Bertz CT molecular complexity index is 293. The number of carbonyl (C=O) groups excluding carboxylic acids is 2. The monoisotopic (exact) mass is 192 g/mol. The van der Waals surface area contributed by atoms with E-state index in [-0.39, 0.29) is 12.6 Å². The van der Waals surface area contributed by atoms with Crippen LogP contribution in [-0.2, 0) is 20.7 Å². The first-order chi connectivity index (χ1) is 6.83. The molecule has 0 bridgehead atoms. The fraction of sp³-hybridized carbons (Fsp3) is 0.273. The summed E-state index contributed by atoms with van der Waals surface area (Å²) in [7, 11) is 0. The lowest BCUT2D eigenvalue weighted by molar-refractivity contribution is -0.145. The zero-order valence-corrected chi connectivity index (χ0v) is 7.81. The van der Waals surface area contributed by atoms with Crippen LogP contribution in [0.2, 0.25) is 0 Å². The predicted octanol–water partition coefficient (Wildman–Crippen LogP) is 1.36. The van der Waals surface area contributed by atoms with Crippen molar-refractivity contribution >= 4 is 12.3 Å². The van der Waals surface area contributed by atoms with Crippen LogP contribution in [0.4, 0.5) is 0 Å². The van der Waals surface area contributed by atoms with Gasteiger partial charge in [0.25, 0.3) is 0 Å². The molecule has 0 atom stereocenters. The van der Waals surface area contributed by atoms with Crippen LogP contribution in [0, 0.1) is 0 Å². The summed E-state index contributed by atoms with van der Waals surface area (Å²) >= 11 is 0. The minimum Gasteiger partial charge on any atom is -0.458 e. The van der Waals surface area contributed by atoms with E-state index < -0.39 is 0 Å². The lowest BCUT2D eigenvalue weighted by atomic mass is 10.1. The zero-order valence-electron chi connectivity index (χ0n) is 7.81. The third kappa shape index (κ3) is 3.85. The minimum atomic E-state index is -0.332. The number of aryl methyl sites for hydroxylation is 1. The zero-order chi connectivity index (χ0) is 10.2. The van der Waals surface area contributed by atoms with Gasteiger partial charge in [-0.1, -0.05) is 30.3 Å². The Morgan fingerprint density at radius 3 is 2.64 bits per heavy atom. The molecular weight excluding hydrogens is 180 g/mol. The molecule has 0 aromatic heterocycles. The highest BCUT2D eigenvalue weighted by Crippen LogP contribution is 2.02. The van der Waals surface area contributed by atoms with Crippen molar-refractivity contribution < 1.29 is 14.3 Å². The number of hydrogen-bond acceptors (Lipinski definition) is 3. The van der Waals surface area contributed by atoms with Crippen LogP contribution >= 0.6 is 0 Å². The first kappa shape index (κ1) is 10.4. The van der Waals surface area contributed by atoms with E-state index in [0.29, 0.717) is 19.1 Å². The molecule has 0 aliphatic carbocycles. The average molecular weight is 192 g/mol. The fourth-order valence-corrected chi connectivity index (χ4v) is 1.09. The molecule has 1 aromatic rings. The number of aldehydes is 1. The Labute approximate surface area is 82.7 Å². The molecule has 1 aromatic carbocycles. The molecule has 0 fully saturated rings. The van der Waals surface area contributed by atoms with Gasteiger partial charge in [-0.3, -0.25) is 9.59 Å². The van der Waals surface area contributed by atoms with Gasteiger partial charge in [0.05, 0.1) is 0 Å². The van der Waals surface area contributed by atoms with Gasteiger partial charge in [0.1, 0.15) is 6.61 Å². The third-order valence-electron chi connectivity index (χ3n) is 1.77. The summed E-state index contributed by atoms with van der Waals surface area (Å²) in [5, 5.41) is 0. The lowest BCUT2D eigenvalue weighted by Crippen LogP contribution is -2.07. The van der Waals surface area contributed by atoms with E-state index >= 15 is 0 Å². The quantitative estimate of drug-likeness (QED) is 0.522. The van der Waals surface area contributed by atoms with Gasteiger partial charge in [-0.25, -0.2) is 0 Å². The highest BCUT2D eigenvalue weighted by molar-refractivity contribution is 5.71. The summed E-state index contributed by atoms with van der Waals surface area (Å²) in [6, 6.07) is 9.67. The molecule has 0 heterocycles. The van der Waals surface area contributed by atoms with Crippen LogP contribution in [0.3, 0.4) is 0 Å². The van der Waals surface area contributed by atoms with Gasteiger partial charge in [-0.05, 0) is 12.0 Å². The summed E-state index contributed by atoms with van der Waals surface area (Å²) in [6.07, 6.45) is 1.54. The molecule has 0 saturated carbocycles. The van der Waals surface area contributed by atoms with Gasteiger partial charge in [-0.15, -0.1) is 0 Å². The Morgan fingerprint density at radius 1 is 1.29 bits per heavy atom. The molecule has 0 aliphatic rings. The highest BCUT2D eigenvalue weighted by atomic mass is 16.5. The van der Waals surface area contributed by atoms with Crippen molar-refractivity contribution in [1.82, 2.24) is 0 Å². The van der Waals surface area contributed by atoms with Gasteiger partial charge in [-0.2, -0.15) is 0 Å². The van der Waals surface area contributed by atoms with Crippen molar-refractivity contribution in [2.75, 3.05) is 6.61 Å². The summed E-state index contributed by atoms with van der Waals surface area (Å²) in [6.45, 7) is -0.145. The smallest absolute Gasteiger partial charge is 0.306 e. The summed E-state index contributed by atoms with van der Waals surface area (Å²) in [5.41, 5.74) is 1.09. The number of ether oxygens (including phenoxy) is 1. The van der Waals surface area contributed by atoms with E-state index in [1.165, 1.54) is 0 Å². The molecule has 14 heavy (non-hydrogen) atoms. The van der Waals surface area contributed by atoms with Crippen molar-refractivity contribution in [3.05, 3.63) is 35.9 Å². The van der Waals surface area contributed by atoms with Crippen molar-refractivity contribution in [1.29, 1.82) is 0 Å². The standard InChI is InChI=1S/C11H12O3/c12-8-9-14-11(13)7-6-10-4-2-1-3-5-10/h1-5,8H,6-7,9H2. The Kier molecular flexibility index (Phi) is 4.41. The second-order valence-corrected chi connectivity index (χ2v) is 2.84. The molecule has 0 radical (unpaired) electrons. The van der Waals surface area contributed by atoms with Gasteiger partial charge in [0.15, 0.2) is 6.29 Å². The summed E-state index contributed by atoms with van der Waals surface area (Å²) in [5.74, 6) is -0.332. The van der Waals surface area contributed by atoms with Gasteiger partial charge < -0.3 is 4.74 Å². The molecule has 74 valence electrons. The maximum atomic E-state index is 11.0. The molecular formula is C11H12O3. The van der Waals surface area contributed by atoms with E-state index in [1.54, 1.807) is 0 Å². The topological polar surface area (TPSA) is 43.4 Å². The van der Waals surface area contributed by atoms with E-state index in [0.717, 1.165) is 5.56 Å². The van der Waals surface area contributed by atoms with Crippen LogP contribution in [0.15, 0.2) is 30.3 Å². The second-order valence-electron chi connectivity index (χ2n) is 2.84. The van der Waals surface area contributed by atoms with Gasteiger partial charge >= 0.3 is 5.97 Å². The maximum absolute atomic E-state index is 11.0. The first-order valence-corrected chi connectivity index (χ1v) is 4.46. The molecule has 1 rings (SSSR count). The first-order valence-electron chi connectivity index (χ1n) is 4.46. The third-order valence-corrected chi connectivity index (χ3v) is 1.77. The van der Waals surface area contributed by atoms with Crippen molar-refractivity contribution in [3.8, 4) is 0 Å². The number of benzene rings is 1. The van der Waals surface area contributed by atoms with Gasteiger partial charge in [0, 0.05) is 6.42 Å². The van der Waals surface area contributed by atoms with E-state index in [1.807, 2.05) is 30.3 Å². The number of esters is 1. The molecule has 0 spiro atoms. The molecule has 0 saturated heterocycles. The molecule has 0 N–H and O–H groups in total. The lowest BCUT2D eigenvalue weighted by Gasteiger charge is -2.00. The van der Waals surface area contributed by atoms with Gasteiger partial charge in [0.2, 0.25) is 0 Å². The second kappa shape index (κ2) is 5.91.